The second-order valence-corrected chi connectivity index (χ2v) is 6.66. The molecule has 0 bridgehead atoms. The monoisotopic (exact) mass is 344 g/mol. The van der Waals surface area contributed by atoms with Gasteiger partial charge in [0.25, 0.3) is 0 Å². The normalized spacial score (nSPS) is 11.3. The molecule has 2 N–H and O–H groups in total. The number of aromatic nitrogens is 1. The summed E-state index contributed by atoms with van der Waals surface area (Å²) in [4.78, 5) is 26.9. The zero-order chi connectivity index (χ0) is 18.3. The number of carbonyl (C=O) groups is 2. The second kappa shape index (κ2) is 8.46. The number of nitrogens with one attached hydrogen (secondary N) is 1. The number of oxazole rings is 1. The van der Waals surface area contributed by atoms with E-state index in [1.165, 1.54) is 0 Å². The number of benzene rings is 1. The summed E-state index contributed by atoms with van der Waals surface area (Å²) in [5, 5.41) is 11.6. The molecule has 1 amide bonds. The molecule has 6 heteroatoms. The van der Waals surface area contributed by atoms with Gasteiger partial charge in [-0.2, -0.15) is 0 Å². The first kappa shape index (κ1) is 18.7. The van der Waals surface area contributed by atoms with E-state index >= 15 is 0 Å². The Hall–Kier alpha value is -2.63. The minimum absolute atomic E-state index is 0.0336. The summed E-state index contributed by atoms with van der Waals surface area (Å²) >= 11 is 0. The van der Waals surface area contributed by atoms with Gasteiger partial charge in [-0.3, -0.25) is 9.59 Å². The first-order valence-corrected chi connectivity index (χ1v) is 8.39. The number of carboxylic acids is 1. The maximum Gasteiger partial charge on any atom is 0.303 e. The molecule has 0 aliphatic carbocycles. The lowest BCUT2D eigenvalue weighted by Crippen LogP contribution is -2.43. The first-order chi connectivity index (χ1) is 11.9. The van der Waals surface area contributed by atoms with Crippen LogP contribution in [-0.2, 0) is 16.0 Å². The van der Waals surface area contributed by atoms with E-state index in [0.29, 0.717) is 31.6 Å². The molecule has 1 aromatic carbocycles. The van der Waals surface area contributed by atoms with Gasteiger partial charge in [0, 0.05) is 30.4 Å². The summed E-state index contributed by atoms with van der Waals surface area (Å²) in [5.41, 5.74) is 0.443. The van der Waals surface area contributed by atoms with Crippen molar-refractivity contribution in [1.29, 1.82) is 0 Å². The number of carbonyl (C=O) groups excluding carboxylic acids is 1. The molecule has 1 heterocycles. The van der Waals surface area contributed by atoms with E-state index in [1.54, 1.807) is 6.20 Å². The zero-order valence-electron chi connectivity index (χ0n) is 14.6. The molecular formula is C19H24N2O4. The molecular weight excluding hydrogens is 320 g/mol. The van der Waals surface area contributed by atoms with Gasteiger partial charge in [0.1, 0.15) is 0 Å². The highest BCUT2D eigenvalue weighted by molar-refractivity contribution is 5.76. The zero-order valence-corrected chi connectivity index (χ0v) is 14.6. The summed E-state index contributed by atoms with van der Waals surface area (Å²) in [6, 6.07) is 9.73. The quantitative estimate of drug-likeness (QED) is 0.727. The molecule has 0 fully saturated rings. The fourth-order valence-corrected chi connectivity index (χ4v) is 2.48. The Morgan fingerprint density at radius 1 is 1.20 bits per heavy atom. The standard InChI is InChI=1S/C19H24N2O4/c1-19(2,12-11-18(23)24)21-16(22)9-6-10-17-20-13-15(25-17)14-7-4-3-5-8-14/h3-5,7-8,13H,6,9-12H2,1-2H3,(H,21,22)(H,23,24). The predicted octanol–water partition coefficient (Wildman–Crippen LogP) is 3.42. The van der Waals surface area contributed by atoms with Crippen LogP contribution in [0, 0.1) is 0 Å². The molecule has 6 nitrogen and oxygen atoms in total. The Labute approximate surface area is 147 Å². The van der Waals surface area contributed by atoms with Crippen LogP contribution in [0.2, 0.25) is 0 Å². The average molecular weight is 344 g/mol. The molecule has 1 aromatic heterocycles. The van der Waals surface area contributed by atoms with Crippen LogP contribution < -0.4 is 5.32 Å². The average Bonchev–Trinajstić information content (AvgIpc) is 3.02. The number of amides is 1. The van der Waals surface area contributed by atoms with Crippen molar-refractivity contribution < 1.29 is 19.1 Å². The van der Waals surface area contributed by atoms with Gasteiger partial charge >= 0.3 is 5.97 Å². The highest BCUT2D eigenvalue weighted by Crippen LogP contribution is 2.20. The van der Waals surface area contributed by atoms with E-state index in [-0.39, 0.29) is 12.3 Å². The summed E-state index contributed by atoms with van der Waals surface area (Å²) in [6.07, 6.45) is 3.67. The fourth-order valence-electron chi connectivity index (χ4n) is 2.48. The van der Waals surface area contributed by atoms with Crippen LogP contribution in [0.5, 0.6) is 0 Å². The van der Waals surface area contributed by atoms with Gasteiger partial charge in [0.05, 0.1) is 6.20 Å². The lowest BCUT2D eigenvalue weighted by Gasteiger charge is -2.25. The van der Waals surface area contributed by atoms with Crippen LogP contribution in [0.4, 0.5) is 0 Å². The summed E-state index contributed by atoms with van der Waals surface area (Å²) < 4.78 is 5.71. The van der Waals surface area contributed by atoms with E-state index in [4.69, 9.17) is 9.52 Å². The SMILES string of the molecule is CC(C)(CCC(=O)O)NC(=O)CCCc1ncc(-c2ccccc2)o1. The molecule has 0 aliphatic rings. The lowest BCUT2D eigenvalue weighted by atomic mass is 9.98. The summed E-state index contributed by atoms with van der Waals surface area (Å²) in [5.74, 6) is 0.373. The second-order valence-electron chi connectivity index (χ2n) is 6.66. The van der Waals surface area contributed by atoms with Gasteiger partial charge < -0.3 is 14.8 Å². The summed E-state index contributed by atoms with van der Waals surface area (Å²) in [7, 11) is 0. The number of nitrogens with zero attached hydrogens (tertiary/aromatic N) is 1. The van der Waals surface area contributed by atoms with Crippen LogP contribution in [-0.4, -0.2) is 27.5 Å². The topological polar surface area (TPSA) is 92.4 Å². The van der Waals surface area contributed by atoms with Crippen molar-refractivity contribution in [2.75, 3.05) is 0 Å². The Bertz CT molecular complexity index is 707. The number of aliphatic carboxylic acids is 1. The number of hydrogen-bond donors (Lipinski definition) is 2. The van der Waals surface area contributed by atoms with Crippen LogP contribution in [0.1, 0.15) is 45.4 Å². The van der Waals surface area contributed by atoms with Gasteiger partial charge in [0.15, 0.2) is 11.7 Å². The molecule has 2 aromatic rings. The van der Waals surface area contributed by atoms with Gasteiger partial charge in [0.2, 0.25) is 5.91 Å². The van der Waals surface area contributed by atoms with Crippen LogP contribution in [0.25, 0.3) is 11.3 Å². The number of carboxylic acid groups (broad SMARTS) is 1. The fraction of sp³-hybridized carbons (Fsp3) is 0.421. The van der Waals surface area contributed by atoms with E-state index in [1.807, 2.05) is 44.2 Å². The van der Waals surface area contributed by atoms with Gasteiger partial charge in [-0.05, 0) is 26.7 Å². The van der Waals surface area contributed by atoms with Crippen molar-refractivity contribution in [3.63, 3.8) is 0 Å². The molecule has 0 unspecified atom stereocenters. The first-order valence-electron chi connectivity index (χ1n) is 8.39. The molecule has 134 valence electrons. The number of rotatable bonds is 9. The Morgan fingerprint density at radius 3 is 2.60 bits per heavy atom. The van der Waals surface area contributed by atoms with Crippen molar-refractivity contribution in [2.45, 2.75) is 51.5 Å². The molecule has 0 saturated carbocycles. The van der Waals surface area contributed by atoms with Gasteiger partial charge in [-0.25, -0.2) is 4.98 Å². The molecule has 0 saturated heterocycles. The highest BCUT2D eigenvalue weighted by atomic mass is 16.4. The maximum absolute atomic E-state index is 12.0. The van der Waals surface area contributed by atoms with Gasteiger partial charge in [-0.1, -0.05) is 30.3 Å². The van der Waals surface area contributed by atoms with Crippen molar-refractivity contribution >= 4 is 11.9 Å². The van der Waals surface area contributed by atoms with E-state index < -0.39 is 11.5 Å². The van der Waals surface area contributed by atoms with Crippen LogP contribution >= 0.6 is 0 Å². The molecule has 0 radical (unpaired) electrons. The largest absolute Gasteiger partial charge is 0.481 e. The molecule has 0 aliphatic heterocycles. The molecule has 0 atom stereocenters. The minimum atomic E-state index is -0.861. The van der Waals surface area contributed by atoms with E-state index in [9.17, 15) is 9.59 Å². The van der Waals surface area contributed by atoms with Crippen molar-refractivity contribution in [1.82, 2.24) is 10.3 Å². The third-order valence-electron chi connectivity index (χ3n) is 3.85. The molecule has 25 heavy (non-hydrogen) atoms. The Balaban J connectivity index is 1.76. The van der Waals surface area contributed by atoms with Crippen molar-refractivity contribution in [2.24, 2.45) is 0 Å². The third kappa shape index (κ3) is 6.41. The minimum Gasteiger partial charge on any atom is -0.481 e. The van der Waals surface area contributed by atoms with Gasteiger partial charge in [-0.15, -0.1) is 0 Å². The maximum atomic E-state index is 12.0. The lowest BCUT2D eigenvalue weighted by molar-refractivity contribution is -0.137. The van der Waals surface area contributed by atoms with E-state index in [0.717, 1.165) is 11.3 Å². The molecule has 0 spiro atoms. The number of hydrogen-bond acceptors (Lipinski definition) is 4. The van der Waals surface area contributed by atoms with E-state index in [2.05, 4.69) is 10.3 Å². The summed E-state index contributed by atoms with van der Waals surface area (Å²) in [6.45, 7) is 3.65. The Morgan fingerprint density at radius 2 is 1.92 bits per heavy atom. The smallest absolute Gasteiger partial charge is 0.303 e. The highest BCUT2D eigenvalue weighted by Gasteiger charge is 2.21. The van der Waals surface area contributed by atoms with Crippen molar-refractivity contribution in [3.05, 3.63) is 42.4 Å². The Kier molecular flexibility index (Phi) is 6.33. The van der Waals surface area contributed by atoms with Crippen molar-refractivity contribution in [3.8, 4) is 11.3 Å². The van der Waals surface area contributed by atoms with Crippen LogP contribution in [0.3, 0.4) is 0 Å². The predicted molar refractivity (Wildman–Crippen MR) is 94.0 cm³/mol. The van der Waals surface area contributed by atoms with Crippen LogP contribution in [0.15, 0.2) is 40.9 Å². The molecule has 2 rings (SSSR count). The number of aryl methyl sites for hydroxylation is 1. The third-order valence-corrected chi connectivity index (χ3v) is 3.85.